The second-order valence-corrected chi connectivity index (χ2v) is 9.12. The SMILES string of the molecule is CCCCN1C(=S)NC(c2ccccn2)C1c1cc(C)n(-c2cccc(Br)c2)c1C. The topological polar surface area (TPSA) is 33.1 Å². The van der Waals surface area contributed by atoms with Crippen LogP contribution in [-0.2, 0) is 0 Å². The average molecular weight is 483 g/mol. The number of unbranched alkanes of at least 4 members (excludes halogenated alkanes) is 1. The van der Waals surface area contributed by atoms with E-state index in [1.54, 1.807) is 0 Å². The van der Waals surface area contributed by atoms with Gasteiger partial charge in [0.25, 0.3) is 0 Å². The highest BCUT2D eigenvalue weighted by atomic mass is 79.9. The Balaban J connectivity index is 1.82. The van der Waals surface area contributed by atoms with Crippen LogP contribution in [0.4, 0.5) is 0 Å². The lowest BCUT2D eigenvalue weighted by atomic mass is 9.96. The smallest absolute Gasteiger partial charge is 0.170 e. The van der Waals surface area contributed by atoms with E-state index in [4.69, 9.17) is 12.2 Å². The Morgan fingerprint density at radius 2 is 1.97 bits per heavy atom. The Morgan fingerprint density at radius 1 is 1.13 bits per heavy atom. The molecule has 0 radical (unpaired) electrons. The number of benzene rings is 1. The lowest BCUT2D eigenvalue weighted by Crippen LogP contribution is -2.30. The molecule has 1 saturated heterocycles. The van der Waals surface area contributed by atoms with Crippen LogP contribution in [0.3, 0.4) is 0 Å². The second kappa shape index (κ2) is 8.90. The van der Waals surface area contributed by atoms with Gasteiger partial charge in [-0.3, -0.25) is 4.98 Å². The van der Waals surface area contributed by atoms with Crippen molar-refractivity contribution < 1.29 is 0 Å². The highest BCUT2D eigenvalue weighted by molar-refractivity contribution is 9.10. The molecule has 3 heterocycles. The van der Waals surface area contributed by atoms with Crippen molar-refractivity contribution in [2.24, 2.45) is 0 Å². The predicted octanol–water partition coefficient (Wildman–Crippen LogP) is 6.02. The van der Waals surface area contributed by atoms with Crippen LogP contribution in [-0.4, -0.2) is 26.1 Å². The van der Waals surface area contributed by atoms with Crippen molar-refractivity contribution in [2.75, 3.05) is 6.54 Å². The highest BCUT2D eigenvalue weighted by Crippen LogP contribution is 2.41. The minimum absolute atomic E-state index is 0.0343. The second-order valence-electron chi connectivity index (χ2n) is 7.82. The van der Waals surface area contributed by atoms with Gasteiger partial charge in [-0.05, 0) is 74.4 Å². The zero-order valence-electron chi connectivity index (χ0n) is 17.6. The normalized spacial score (nSPS) is 18.7. The fraction of sp³-hybridized carbons (Fsp3) is 0.333. The number of hydrogen-bond acceptors (Lipinski definition) is 2. The fourth-order valence-electron chi connectivity index (χ4n) is 4.41. The van der Waals surface area contributed by atoms with Crippen molar-refractivity contribution in [1.29, 1.82) is 0 Å². The Morgan fingerprint density at radius 3 is 2.67 bits per heavy atom. The largest absolute Gasteiger partial charge is 0.352 e. The summed E-state index contributed by atoms with van der Waals surface area (Å²) in [5, 5.41) is 4.38. The van der Waals surface area contributed by atoms with Gasteiger partial charge >= 0.3 is 0 Å². The number of aromatic nitrogens is 2. The molecule has 30 heavy (non-hydrogen) atoms. The van der Waals surface area contributed by atoms with E-state index < -0.39 is 0 Å². The highest BCUT2D eigenvalue weighted by Gasteiger charge is 2.41. The molecule has 1 aromatic carbocycles. The van der Waals surface area contributed by atoms with E-state index in [1.165, 1.54) is 17.0 Å². The molecule has 0 spiro atoms. The summed E-state index contributed by atoms with van der Waals surface area (Å²) < 4.78 is 3.41. The Labute approximate surface area is 192 Å². The minimum Gasteiger partial charge on any atom is -0.352 e. The third-order valence-corrected chi connectivity index (χ3v) is 6.65. The van der Waals surface area contributed by atoms with Crippen LogP contribution in [0.1, 0.15) is 54.5 Å². The molecule has 2 unspecified atom stereocenters. The molecule has 0 amide bonds. The third-order valence-electron chi connectivity index (χ3n) is 5.81. The van der Waals surface area contributed by atoms with Crippen LogP contribution in [0.5, 0.6) is 0 Å². The van der Waals surface area contributed by atoms with Crippen LogP contribution in [0, 0.1) is 13.8 Å². The quantitative estimate of drug-likeness (QED) is 0.435. The van der Waals surface area contributed by atoms with Gasteiger partial charge in [-0.2, -0.15) is 0 Å². The molecule has 156 valence electrons. The summed E-state index contributed by atoms with van der Waals surface area (Å²) in [5.74, 6) is 0. The van der Waals surface area contributed by atoms with E-state index in [2.05, 4.69) is 92.9 Å². The number of rotatable bonds is 6. The van der Waals surface area contributed by atoms with Crippen LogP contribution in [0.25, 0.3) is 5.69 Å². The molecule has 3 aromatic rings. The van der Waals surface area contributed by atoms with Gasteiger partial charge in [0, 0.05) is 34.3 Å². The summed E-state index contributed by atoms with van der Waals surface area (Å²) in [4.78, 5) is 7.00. The predicted molar refractivity (Wildman–Crippen MR) is 130 cm³/mol. The molecule has 1 aliphatic heterocycles. The van der Waals surface area contributed by atoms with Crippen molar-refractivity contribution >= 4 is 33.3 Å². The van der Waals surface area contributed by atoms with Crippen molar-refractivity contribution in [3.05, 3.63) is 81.8 Å². The van der Waals surface area contributed by atoms with Crippen LogP contribution < -0.4 is 5.32 Å². The standard InChI is InChI=1S/C24H27BrN4S/c1-4-5-13-28-23(22(27-24(28)30)21-11-6-7-12-26-21)20-14-16(2)29(17(20)3)19-10-8-9-18(25)15-19/h6-12,14-15,22-23H,4-5,13H2,1-3H3,(H,27,30). The summed E-state index contributed by atoms with van der Waals surface area (Å²) in [6.07, 6.45) is 4.10. The van der Waals surface area contributed by atoms with E-state index in [0.29, 0.717) is 0 Å². The van der Waals surface area contributed by atoms with Crippen molar-refractivity contribution in [2.45, 2.75) is 45.7 Å². The van der Waals surface area contributed by atoms with Gasteiger partial charge < -0.3 is 14.8 Å². The average Bonchev–Trinajstić information content (AvgIpc) is 3.22. The fourth-order valence-corrected chi connectivity index (χ4v) is 5.13. The van der Waals surface area contributed by atoms with Gasteiger partial charge in [0.2, 0.25) is 0 Å². The lowest BCUT2D eigenvalue weighted by Gasteiger charge is -2.28. The van der Waals surface area contributed by atoms with E-state index in [1.807, 2.05) is 18.3 Å². The number of nitrogens with one attached hydrogen (secondary N) is 1. The molecule has 2 atom stereocenters. The maximum absolute atomic E-state index is 5.78. The minimum atomic E-state index is 0.0343. The molecule has 0 aliphatic carbocycles. The first-order valence-electron chi connectivity index (χ1n) is 10.4. The van der Waals surface area contributed by atoms with Crippen molar-refractivity contribution in [1.82, 2.24) is 19.8 Å². The Hall–Kier alpha value is -2.18. The molecule has 4 rings (SSSR count). The van der Waals surface area contributed by atoms with Gasteiger partial charge in [0.05, 0.1) is 17.8 Å². The van der Waals surface area contributed by atoms with Gasteiger partial charge in [0.15, 0.2) is 5.11 Å². The van der Waals surface area contributed by atoms with Gasteiger partial charge in [-0.15, -0.1) is 0 Å². The lowest BCUT2D eigenvalue weighted by molar-refractivity contribution is 0.312. The zero-order valence-corrected chi connectivity index (χ0v) is 20.0. The zero-order chi connectivity index (χ0) is 21.3. The molecule has 1 N–H and O–H groups in total. The Kier molecular flexibility index (Phi) is 6.25. The molecular formula is C24H27BrN4S. The first-order chi connectivity index (χ1) is 14.5. The Bertz CT molecular complexity index is 1050. The summed E-state index contributed by atoms with van der Waals surface area (Å²) in [5.41, 5.74) is 5.94. The first-order valence-corrected chi connectivity index (χ1v) is 11.6. The van der Waals surface area contributed by atoms with E-state index >= 15 is 0 Å². The number of nitrogens with zero attached hydrogens (tertiary/aromatic N) is 3. The maximum Gasteiger partial charge on any atom is 0.170 e. The van der Waals surface area contributed by atoms with Gasteiger partial charge in [-0.1, -0.05) is 41.4 Å². The molecule has 4 nitrogen and oxygen atoms in total. The van der Waals surface area contributed by atoms with Crippen LogP contribution in [0.15, 0.2) is 59.2 Å². The summed E-state index contributed by atoms with van der Waals surface area (Å²) in [6, 6.07) is 17.0. The molecule has 6 heteroatoms. The number of hydrogen-bond donors (Lipinski definition) is 1. The number of halogens is 1. The molecule has 0 saturated carbocycles. The van der Waals surface area contributed by atoms with Gasteiger partial charge in [0.1, 0.15) is 0 Å². The number of pyridine rings is 1. The summed E-state index contributed by atoms with van der Waals surface area (Å²) >= 11 is 9.39. The van der Waals surface area contributed by atoms with Crippen LogP contribution >= 0.6 is 28.1 Å². The van der Waals surface area contributed by atoms with Crippen LogP contribution in [0.2, 0.25) is 0 Å². The molecule has 1 aliphatic rings. The first kappa shape index (κ1) is 21.1. The third kappa shape index (κ3) is 3.91. The number of thiocarbonyl (C=S) groups is 1. The van der Waals surface area contributed by atoms with Crippen molar-refractivity contribution in [3.8, 4) is 5.69 Å². The van der Waals surface area contributed by atoms with Crippen molar-refractivity contribution in [3.63, 3.8) is 0 Å². The maximum atomic E-state index is 5.78. The molecule has 1 fully saturated rings. The monoisotopic (exact) mass is 482 g/mol. The van der Waals surface area contributed by atoms with E-state index in [0.717, 1.165) is 40.4 Å². The number of aryl methyl sites for hydroxylation is 1. The molecular weight excluding hydrogens is 456 g/mol. The molecule has 2 aromatic heterocycles. The molecule has 0 bridgehead atoms. The van der Waals surface area contributed by atoms with E-state index in [-0.39, 0.29) is 12.1 Å². The van der Waals surface area contributed by atoms with Gasteiger partial charge in [-0.25, -0.2) is 0 Å². The summed E-state index contributed by atoms with van der Waals surface area (Å²) in [7, 11) is 0. The van der Waals surface area contributed by atoms with E-state index in [9.17, 15) is 0 Å². The summed E-state index contributed by atoms with van der Waals surface area (Å²) in [6.45, 7) is 7.54.